The highest BCUT2D eigenvalue weighted by molar-refractivity contribution is 6.02. The first kappa shape index (κ1) is 34.3. The Morgan fingerprint density at radius 3 is 2.42 bits per heavy atom. The number of nitrogens with zero attached hydrogens (tertiary/aromatic N) is 6. The van der Waals surface area contributed by atoms with Crippen molar-refractivity contribution < 1.29 is 47.9 Å². The topological polar surface area (TPSA) is 214 Å². The van der Waals surface area contributed by atoms with Crippen molar-refractivity contribution in [2.45, 2.75) is 57.5 Å². The van der Waals surface area contributed by atoms with Crippen molar-refractivity contribution in [2.24, 2.45) is 0 Å². The molecular formula is C34H33N7O11. The number of rotatable bonds is 12. The minimum Gasteiger partial charge on any atom is -0.465 e. The van der Waals surface area contributed by atoms with E-state index < -0.39 is 47.4 Å². The maximum Gasteiger partial charge on any atom is 0.512 e. The Bertz CT molecular complexity index is 2090. The first-order valence-electron chi connectivity index (χ1n) is 16.3. The van der Waals surface area contributed by atoms with Gasteiger partial charge in [-0.15, -0.1) is 15.2 Å². The zero-order valence-electron chi connectivity index (χ0n) is 28.2. The van der Waals surface area contributed by atoms with E-state index in [1.54, 1.807) is 22.8 Å². The molecule has 0 amide bonds. The van der Waals surface area contributed by atoms with Gasteiger partial charge in [0.25, 0.3) is 16.9 Å². The van der Waals surface area contributed by atoms with E-state index >= 15 is 0 Å². The number of hydrogen-bond acceptors (Lipinski definition) is 15. The molecule has 7 rings (SSSR count). The van der Waals surface area contributed by atoms with Crippen molar-refractivity contribution in [3.63, 3.8) is 0 Å². The highest BCUT2D eigenvalue weighted by atomic mass is 17.0. The standard InChI is InChI=1S/C34H33N7O11/c1-4-46-32-35-24-11-7-10-23(31(42)50-34(2,3)51-33(43)49-25-17-47-29-26(52-41(44)45)18-48-28(25)29)27(24)40(32)16-19-12-14-20(15-13-19)21-8-5-6-9-22(21)30-36-38-39-37-30/h5-15,25-26,28-29H,4,16-18H2,1-3H3,(H,36,37,38,39)/t25-,26+,28+,29+/m0/s1. The molecule has 270 valence electrons. The van der Waals surface area contributed by atoms with Crippen molar-refractivity contribution in [3.05, 3.63) is 88.0 Å². The summed E-state index contributed by atoms with van der Waals surface area (Å²) in [4.78, 5) is 46.5. The molecule has 0 aliphatic carbocycles. The summed E-state index contributed by atoms with van der Waals surface area (Å²) in [5.41, 5.74) is 4.76. The number of H-pyrrole nitrogens is 1. The molecule has 5 aromatic rings. The molecule has 52 heavy (non-hydrogen) atoms. The molecule has 2 aliphatic heterocycles. The quantitative estimate of drug-likeness (QED) is 0.0832. The molecule has 0 spiro atoms. The van der Waals surface area contributed by atoms with Crippen LogP contribution in [0, 0.1) is 10.1 Å². The molecule has 1 N–H and O–H groups in total. The summed E-state index contributed by atoms with van der Waals surface area (Å²) in [6.45, 7) is 5.04. The smallest absolute Gasteiger partial charge is 0.465 e. The van der Waals surface area contributed by atoms with Gasteiger partial charge in [-0.1, -0.05) is 54.6 Å². The van der Waals surface area contributed by atoms with Crippen LogP contribution in [0.4, 0.5) is 4.79 Å². The molecule has 0 saturated carbocycles. The highest BCUT2D eigenvalue weighted by Crippen LogP contribution is 2.33. The lowest BCUT2D eigenvalue weighted by atomic mass is 9.98. The lowest BCUT2D eigenvalue weighted by Crippen LogP contribution is -2.39. The molecular weight excluding hydrogens is 682 g/mol. The van der Waals surface area contributed by atoms with Crippen LogP contribution < -0.4 is 4.74 Å². The Labute approximate surface area is 295 Å². The predicted molar refractivity (Wildman–Crippen MR) is 177 cm³/mol. The Morgan fingerprint density at radius 2 is 1.71 bits per heavy atom. The van der Waals surface area contributed by atoms with Crippen LogP contribution in [0.1, 0.15) is 36.7 Å². The van der Waals surface area contributed by atoms with Crippen molar-refractivity contribution in [2.75, 3.05) is 19.8 Å². The van der Waals surface area contributed by atoms with Gasteiger partial charge in [0, 0.05) is 19.4 Å². The fourth-order valence-electron chi connectivity index (χ4n) is 6.28. The van der Waals surface area contributed by atoms with Crippen LogP contribution in [-0.2, 0) is 35.1 Å². The Kier molecular flexibility index (Phi) is 9.39. The summed E-state index contributed by atoms with van der Waals surface area (Å²) < 4.78 is 35.1. The minimum atomic E-state index is -1.77. The third-order valence-electron chi connectivity index (χ3n) is 8.46. The summed E-state index contributed by atoms with van der Waals surface area (Å²) in [7, 11) is 0. The lowest BCUT2D eigenvalue weighted by molar-refractivity contribution is -0.769. The molecule has 18 nitrogen and oxygen atoms in total. The van der Waals surface area contributed by atoms with Crippen molar-refractivity contribution in [3.8, 4) is 28.5 Å². The predicted octanol–water partition coefficient (Wildman–Crippen LogP) is 4.12. The second-order valence-corrected chi connectivity index (χ2v) is 12.3. The van der Waals surface area contributed by atoms with E-state index in [0.717, 1.165) is 22.3 Å². The normalized spacial score (nSPS) is 19.6. The molecule has 2 aliphatic rings. The van der Waals surface area contributed by atoms with Gasteiger partial charge in [-0.3, -0.25) is 4.57 Å². The Hall–Kier alpha value is -6.14. The number of para-hydroxylation sites is 1. The van der Waals surface area contributed by atoms with Gasteiger partial charge in [-0.25, -0.2) is 14.7 Å². The van der Waals surface area contributed by atoms with Gasteiger partial charge < -0.3 is 33.3 Å². The number of benzene rings is 3. The summed E-state index contributed by atoms with van der Waals surface area (Å²) in [6.07, 6.45) is -4.60. The van der Waals surface area contributed by atoms with E-state index in [2.05, 4.69) is 30.4 Å². The van der Waals surface area contributed by atoms with Crippen molar-refractivity contribution >= 4 is 23.2 Å². The van der Waals surface area contributed by atoms with Gasteiger partial charge in [-0.2, -0.15) is 4.98 Å². The number of carbonyl (C=O) groups excluding carboxylic acids is 2. The van der Waals surface area contributed by atoms with Gasteiger partial charge >= 0.3 is 12.1 Å². The molecule has 0 radical (unpaired) electrons. The van der Waals surface area contributed by atoms with Gasteiger partial charge in [0.2, 0.25) is 0 Å². The number of tetrazole rings is 1. The number of nitrogens with one attached hydrogen (secondary N) is 1. The monoisotopic (exact) mass is 715 g/mol. The zero-order chi connectivity index (χ0) is 36.4. The SMILES string of the molecule is CCOc1nc2cccc(C(=O)OC(C)(C)OC(=O)O[C@H]3CO[C@H]4[C@@H]3OC[C@H]4O[N+](=O)[O-])c2n1Cc1ccc(-c2ccccc2-c2nnn[nH]2)cc1. The van der Waals surface area contributed by atoms with Gasteiger partial charge in [0.1, 0.15) is 12.2 Å². The van der Waals surface area contributed by atoms with Crippen LogP contribution in [-0.4, -0.2) is 97.4 Å². The highest BCUT2D eigenvalue weighted by Gasteiger charge is 2.51. The Morgan fingerprint density at radius 1 is 0.981 bits per heavy atom. The molecule has 2 aromatic heterocycles. The van der Waals surface area contributed by atoms with E-state index in [1.807, 2.05) is 55.5 Å². The third kappa shape index (κ3) is 7.06. The molecule has 4 atom stereocenters. The molecule has 2 fully saturated rings. The third-order valence-corrected chi connectivity index (χ3v) is 8.46. The Balaban J connectivity index is 1.07. The average molecular weight is 716 g/mol. The maximum absolute atomic E-state index is 13.7. The number of fused-ring (bicyclic) bond motifs is 2. The minimum absolute atomic E-state index is 0.0905. The van der Waals surface area contributed by atoms with Crippen molar-refractivity contribution in [1.29, 1.82) is 0 Å². The number of ether oxygens (including phenoxy) is 6. The van der Waals surface area contributed by atoms with Crippen LogP contribution >= 0.6 is 0 Å². The summed E-state index contributed by atoms with van der Waals surface area (Å²) in [6, 6.07) is 21.0. The maximum atomic E-state index is 13.7. The fourth-order valence-corrected chi connectivity index (χ4v) is 6.28. The lowest BCUT2D eigenvalue weighted by Gasteiger charge is -2.26. The van der Waals surface area contributed by atoms with E-state index in [0.29, 0.717) is 36.0 Å². The molecule has 0 bridgehead atoms. The fraction of sp³-hybridized carbons (Fsp3) is 0.353. The van der Waals surface area contributed by atoms with Crippen LogP contribution in [0.2, 0.25) is 0 Å². The number of imidazole rings is 1. The number of aromatic nitrogens is 6. The largest absolute Gasteiger partial charge is 0.512 e. The van der Waals surface area contributed by atoms with Gasteiger partial charge in [0.05, 0.1) is 43.0 Å². The average Bonchev–Trinajstić information content (AvgIpc) is 3.92. The molecule has 3 aromatic carbocycles. The van der Waals surface area contributed by atoms with E-state index in [1.165, 1.54) is 13.8 Å². The van der Waals surface area contributed by atoms with Gasteiger partial charge in [-0.05, 0) is 46.2 Å². The van der Waals surface area contributed by atoms with E-state index in [4.69, 9.17) is 28.4 Å². The number of aromatic amines is 1. The summed E-state index contributed by atoms with van der Waals surface area (Å²) in [5, 5.41) is 24.1. The van der Waals surface area contributed by atoms with Crippen molar-refractivity contribution in [1.82, 2.24) is 30.2 Å². The summed E-state index contributed by atoms with van der Waals surface area (Å²) >= 11 is 0. The zero-order valence-corrected chi connectivity index (χ0v) is 28.2. The van der Waals surface area contributed by atoms with Crippen LogP contribution in [0.25, 0.3) is 33.5 Å². The van der Waals surface area contributed by atoms with E-state index in [9.17, 15) is 19.7 Å². The second-order valence-electron chi connectivity index (χ2n) is 12.3. The van der Waals surface area contributed by atoms with Crippen LogP contribution in [0.5, 0.6) is 6.01 Å². The molecule has 18 heteroatoms. The van der Waals surface area contributed by atoms with Gasteiger partial charge in [0.15, 0.2) is 18.0 Å². The molecule has 4 heterocycles. The molecule has 0 unspecified atom stereocenters. The summed E-state index contributed by atoms with van der Waals surface area (Å²) in [5.74, 6) is -2.01. The number of esters is 1. The van der Waals surface area contributed by atoms with Crippen LogP contribution in [0.3, 0.4) is 0 Å². The number of hydrogen-bond donors (Lipinski definition) is 1. The van der Waals surface area contributed by atoms with Crippen LogP contribution in [0.15, 0.2) is 66.7 Å². The van der Waals surface area contributed by atoms with E-state index in [-0.39, 0.29) is 18.8 Å². The first-order valence-corrected chi connectivity index (χ1v) is 16.3. The molecule has 2 saturated heterocycles. The second kappa shape index (κ2) is 14.2. The first-order chi connectivity index (χ1) is 25.1. The number of carbonyl (C=O) groups is 2.